The second kappa shape index (κ2) is 12.3. The van der Waals surface area contributed by atoms with E-state index in [1.54, 1.807) is 6.20 Å². The fraction of sp³-hybridized carbons (Fsp3) is 0.630. The summed E-state index contributed by atoms with van der Waals surface area (Å²) in [6.45, 7) is 6.30. The molecule has 3 heterocycles. The van der Waals surface area contributed by atoms with Gasteiger partial charge < -0.3 is 24.2 Å². The summed E-state index contributed by atoms with van der Waals surface area (Å²) in [4.78, 5) is 33.3. The minimum atomic E-state index is -4.60. The van der Waals surface area contributed by atoms with E-state index >= 15 is 0 Å². The number of hydrogen-bond acceptors (Lipinski definition) is 6. The van der Waals surface area contributed by atoms with Crippen molar-refractivity contribution in [3.8, 4) is 6.07 Å². The van der Waals surface area contributed by atoms with Crippen molar-refractivity contribution < 1.29 is 32.6 Å². The van der Waals surface area contributed by atoms with E-state index in [1.807, 2.05) is 22.9 Å². The average molecular weight is 595 g/mol. The number of aromatic nitrogens is 2. The number of anilines is 1. The van der Waals surface area contributed by atoms with Crippen molar-refractivity contribution in [2.45, 2.75) is 70.3 Å². The van der Waals surface area contributed by atoms with Crippen molar-refractivity contribution in [2.24, 2.45) is 5.92 Å². The van der Waals surface area contributed by atoms with Gasteiger partial charge in [0.1, 0.15) is 25.5 Å². The van der Waals surface area contributed by atoms with E-state index in [9.17, 15) is 33.1 Å². The van der Waals surface area contributed by atoms with Crippen LogP contribution in [0.25, 0.3) is 11.0 Å². The quantitative estimate of drug-likeness (QED) is 0.229. The van der Waals surface area contributed by atoms with Crippen LogP contribution in [-0.4, -0.2) is 89.7 Å². The predicted octanol–water partition coefficient (Wildman–Crippen LogP) is 5.19. The summed E-state index contributed by atoms with van der Waals surface area (Å²) >= 11 is 0. The first-order valence-corrected chi connectivity index (χ1v) is 17.5. The van der Waals surface area contributed by atoms with Gasteiger partial charge in [-0.25, -0.2) is 9.78 Å². The van der Waals surface area contributed by atoms with Crippen LogP contribution >= 0.6 is 0 Å². The molecular weight excluding hydrogens is 557 g/mol. The number of carbonyl (C=O) groups excluding carboxylic acids is 1. The summed E-state index contributed by atoms with van der Waals surface area (Å²) in [6, 6.07) is 4.96. The van der Waals surface area contributed by atoms with Crippen LogP contribution in [0.2, 0.25) is 25.7 Å². The highest BCUT2D eigenvalue weighted by Gasteiger charge is 2.38. The number of rotatable bonds is 10. The van der Waals surface area contributed by atoms with Gasteiger partial charge in [-0.05, 0) is 43.7 Å². The number of fused-ring (bicyclic) bond motifs is 3. The molecule has 1 N–H and O–H groups in total. The number of amides is 2. The Bertz CT molecular complexity index is 1300. The topological polar surface area (TPSA) is 115 Å². The average Bonchev–Trinajstić information content (AvgIpc) is 3.30. The van der Waals surface area contributed by atoms with Gasteiger partial charge in [-0.1, -0.05) is 19.6 Å². The van der Waals surface area contributed by atoms with Crippen molar-refractivity contribution in [3.63, 3.8) is 0 Å². The van der Waals surface area contributed by atoms with Gasteiger partial charge >= 0.3 is 12.3 Å². The molecule has 1 aliphatic carbocycles. The molecule has 2 aromatic rings. The van der Waals surface area contributed by atoms with Gasteiger partial charge in [0.15, 0.2) is 0 Å². The largest absolute Gasteiger partial charge is 0.465 e. The fourth-order valence-corrected chi connectivity index (χ4v) is 6.36. The Kier molecular flexibility index (Phi) is 9.18. The maximum Gasteiger partial charge on any atom is 0.407 e. The van der Waals surface area contributed by atoms with Crippen LogP contribution in [0.15, 0.2) is 18.5 Å². The van der Waals surface area contributed by atoms with E-state index in [-0.39, 0.29) is 37.6 Å². The highest BCUT2D eigenvalue weighted by atomic mass is 28.3. The molecular formula is C27H37F3N6O4Si. The Morgan fingerprint density at radius 3 is 2.59 bits per heavy atom. The molecule has 0 unspecified atom stereocenters. The summed E-state index contributed by atoms with van der Waals surface area (Å²) < 4.78 is 46.5. The number of halogens is 3. The molecule has 1 aliphatic heterocycles. The molecule has 10 nitrogen and oxygen atoms in total. The second-order valence-corrected chi connectivity index (χ2v) is 17.7. The zero-order valence-electron chi connectivity index (χ0n) is 23.7. The minimum Gasteiger partial charge on any atom is -0.465 e. The number of pyridine rings is 1. The van der Waals surface area contributed by atoms with Crippen LogP contribution in [0.3, 0.4) is 0 Å². The first kappa shape index (κ1) is 30.6. The molecule has 14 heteroatoms. The van der Waals surface area contributed by atoms with E-state index in [1.165, 1.54) is 4.90 Å². The lowest BCUT2D eigenvalue weighted by Gasteiger charge is -2.44. The van der Waals surface area contributed by atoms with E-state index in [0.717, 1.165) is 17.1 Å². The minimum absolute atomic E-state index is 0.0397. The van der Waals surface area contributed by atoms with Gasteiger partial charge in [-0.2, -0.15) is 18.4 Å². The molecule has 0 radical (unpaired) electrons. The number of nitrogens with zero attached hydrogens (tertiary/aromatic N) is 6. The van der Waals surface area contributed by atoms with E-state index in [2.05, 4.69) is 29.5 Å². The van der Waals surface area contributed by atoms with Crippen molar-refractivity contribution in [1.29, 1.82) is 5.26 Å². The van der Waals surface area contributed by atoms with Gasteiger partial charge in [-0.3, -0.25) is 9.69 Å². The van der Waals surface area contributed by atoms with E-state index in [0.29, 0.717) is 55.1 Å². The molecule has 2 aromatic heterocycles. The van der Waals surface area contributed by atoms with Crippen molar-refractivity contribution in [2.75, 3.05) is 37.8 Å². The molecule has 0 spiro atoms. The van der Waals surface area contributed by atoms with E-state index in [4.69, 9.17) is 4.74 Å². The van der Waals surface area contributed by atoms with Gasteiger partial charge in [-0.15, -0.1) is 0 Å². The number of carboxylic acid groups (broad SMARTS) is 1. The SMILES string of the molecule is C[Si](C)(C)CCOCn1ccc2c3c(cnc21)C(=O)N(CC#N)CN3[C@H]1CC[C@H](CN(CC(F)(F)F)C(=O)O)CC1. The maximum atomic E-state index is 13.3. The smallest absolute Gasteiger partial charge is 0.407 e. The third kappa shape index (κ3) is 7.51. The zero-order chi connectivity index (χ0) is 29.9. The number of alkyl halides is 3. The molecule has 0 aromatic carbocycles. The van der Waals surface area contributed by atoms with Gasteiger partial charge in [0.2, 0.25) is 0 Å². The van der Waals surface area contributed by atoms with Gasteiger partial charge in [0.05, 0.1) is 24.0 Å². The molecule has 41 heavy (non-hydrogen) atoms. The lowest BCUT2D eigenvalue weighted by molar-refractivity contribution is -0.143. The molecule has 1 fully saturated rings. The van der Waals surface area contributed by atoms with Crippen molar-refractivity contribution in [3.05, 3.63) is 24.0 Å². The maximum absolute atomic E-state index is 13.3. The standard InChI is InChI=1S/C27H37F3N6O4Si/c1-41(2,3)13-12-40-18-34-10-8-21-23-22(14-32-24(21)34)25(37)33(11-9-31)17-36(23)20-6-4-19(5-7-20)15-35(26(38)39)16-27(28,29)30/h8,10,14,19-20H,4-7,11-13,15-18H2,1-3H3,(H,38,39)/t19-,20-. The summed E-state index contributed by atoms with van der Waals surface area (Å²) in [5, 5.41) is 19.4. The number of nitriles is 1. The number of carbonyl (C=O) groups is 2. The Balaban J connectivity index is 1.54. The first-order valence-electron chi connectivity index (χ1n) is 13.8. The summed E-state index contributed by atoms with van der Waals surface area (Å²) in [7, 11) is -1.24. The number of ether oxygens (including phenoxy) is 1. The van der Waals surface area contributed by atoms with Crippen LogP contribution < -0.4 is 4.90 Å². The van der Waals surface area contributed by atoms with Crippen LogP contribution in [0, 0.1) is 17.2 Å². The van der Waals surface area contributed by atoms with Crippen LogP contribution in [0.1, 0.15) is 36.0 Å². The van der Waals surface area contributed by atoms with Gasteiger partial charge in [0, 0.05) is 45.0 Å². The molecule has 2 amide bonds. The third-order valence-corrected chi connectivity index (χ3v) is 9.46. The predicted molar refractivity (Wildman–Crippen MR) is 149 cm³/mol. The molecule has 2 aliphatic rings. The highest BCUT2D eigenvalue weighted by molar-refractivity contribution is 6.76. The van der Waals surface area contributed by atoms with E-state index < -0.39 is 26.9 Å². The molecule has 0 atom stereocenters. The molecule has 224 valence electrons. The van der Waals surface area contributed by atoms with Crippen LogP contribution in [0.4, 0.5) is 23.7 Å². The lowest BCUT2D eigenvalue weighted by Crippen LogP contribution is -2.52. The third-order valence-electron chi connectivity index (χ3n) is 7.75. The summed E-state index contributed by atoms with van der Waals surface area (Å²) in [5.74, 6) is -0.470. The molecule has 0 saturated heterocycles. The van der Waals surface area contributed by atoms with Crippen molar-refractivity contribution >= 4 is 36.8 Å². The van der Waals surface area contributed by atoms with Crippen molar-refractivity contribution in [1.82, 2.24) is 19.4 Å². The zero-order valence-corrected chi connectivity index (χ0v) is 24.7. The summed E-state index contributed by atoms with van der Waals surface area (Å²) in [6.07, 6.45) is -0.430. The first-order chi connectivity index (χ1) is 19.3. The summed E-state index contributed by atoms with van der Waals surface area (Å²) in [5.41, 5.74) is 1.82. The Morgan fingerprint density at radius 2 is 1.98 bits per heavy atom. The second-order valence-electron chi connectivity index (χ2n) is 12.1. The lowest BCUT2D eigenvalue weighted by atomic mass is 9.84. The molecule has 4 rings (SSSR count). The van der Waals surface area contributed by atoms with Gasteiger partial charge in [0.25, 0.3) is 5.91 Å². The fourth-order valence-electron chi connectivity index (χ4n) is 5.61. The Labute approximate surface area is 238 Å². The van der Waals surface area contributed by atoms with Crippen LogP contribution in [0.5, 0.6) is 0 Å². The Hall–Kier alpha value is -3.31. The Morgan fingerprint density at radius 1 is 1.27 bits per heavy atom. The molecule has 0 bridgehead atoms. The highest BCUT2D eigenvalue weighted by Crippen LogP contribution is 2.39. The normalized spacial score (nSPS) is 19.8. The molecule has 1 saturated carbocycles. The number of hydrogen-bond donors (Lipinski definition) is 1. The monoisotopic (exact) mass is 594 g/mol. The van der Waals surface area contributed by atoms with Crippen LogP contribution in [-0.2, 0) is 11.5 Å².